The summed E-state index contributed by atoms with van der Waals surface area (Å²) in [6.45, 7) is 11.6. The van der Waals surface area contributed by atoms with E-state index in [0.29, 0.717) is 47.7 Å². The van der Waals surface area contributed by atoms with Gasteiger partial charge in [0.15, 0.2) is 0 Å². The number of fused-ring (bicyclic) bond motifs is 6. The molecule has 0 saturated heterocycles. The molecule has 2 aliphatic rings. The van der Waals surface area contributed by atoms with Crippen LogP contribution in [0.4, 0.5) is 34.6 Å². The molecule has 0 radical (unpaired) electrons. The molecule has 2 amide bonds. The van der Waals surface area contributed by atoms with E-state index in [0.717, 1.165) is 83.0 Å². The van der Waals surface area contributed by atoms with Crippen molar-refractivity contribution >= 4 is 68.3 Å². The van der Waals surface area contributed by atoms with E-state index in [2.05, 4.69) is 84.6 Å². The number of nitrogens with zero attached hydrogens (tertiary/aromatic N) is 9. The minimum Gasteiger partial charge on any atom is -0.494 e. The first-order valence-electron chi connectivity index (χ1n) is 25.3. The van der Waals surface area contributed by atoms with Gasteiger partial charge in [0.1, 0.15) is 41.9 Å². The van der Waals surface area contributed by atoms with Crippen LogP contribution in [0.25, 0.3) is 44.3 Å². The van der Waals surface area contributed by atoms with E-state index in [1.165, 1.54) is 29.5 Å². The molecule has 3 N–H and O–H groups in total. The Morgan fingerprint density at radius 3 is 1.67 bits per heavy atom. The van der Waals surface area contributed by atoms with Crippen LogP contribution in [0.1, 0.15) is 24.2 Å². The zero-order valence-corrected chi connectivity index (χ0v) is 43.8. The maximum Gasteiger partial charge on any atom is 0.272 e. The summed E-state index contributed by atoms with van der Waals surface area (Å²) in [5.74, 6) is 0.532. The third-order valence-corrected chi connectivity index (χ3v) is 13.7. The van der Waals surface area contributed by atoms with Crippen molar-refractivity contribution in [3.63, 3.8) is 0 Å². The zero-order valence-electron chi connectivity index (χ0n) is 43.8. The topological polar surface area (TPSA) is 178 Å². The molecule has 18 nitrogen and oxygen atoms in total. The molecular weight excluding hydrogens is 961 g/mol. The Labute approximate surface area is 441 Å². The normalized spacial score (nSPS) is 12.7. The van der Waals surface area contributed by atoms with Crippen LogP contribution in [0.5, 0.6) is 23.0 Å². The van der Waals surface area contributed by atoms with Gasteiger partial charge in [0.25, 0.3) is 11.8 Å². The van der Waals surface area contributed by atoms with Gasteiger partial charge < -0.3 is 53.8 Å². The predicted octanol–water partition coefficient (Wildman–Crippen LogP) is 9.46. The van der Waals surface area contributed by atoms with Crippen LogP contribution in [-0.4, -0.2) is 119 Å². The van der Waals surface area contributed by atoms with Crippen LogP contribution < -0.4 is 39.8 Å². The minimum atomic E-state index is -0.732. The van der Waals surface area contributed by atoms with Crippen molar-refractivity contribution in [3.05, 3.63) is 134 Å². The quantitative estimate of drug-likeness (QED) is 0.0580. The summed E-state index contributed by atoms with van der Waals surface area (Å²) in [6.07, 6.45) is 8.55. The van der Waals surface area contributed by atoms with E-state index in [1.807, 2.05) is 62.3 Å². The maximum absolute atomic E-state index is 14.8. The molecule has 0 aliphatic carbocycles. The molecule has 18 heteroatoms. The van der Waals surface area contributed by atoms with Crippen LogP contribution in [0.3, 0.4) is 0 Å². The van der Waals surface area contributed by atoms with E-state index in [4.69, 9.17) is 28.9 Å². The highest BCUT2D eigenvalue weighted by molar-refractivity contribution is 6.16. The lowest BCUT2D eigenvalue weighted by atomic mass is 10.1. The van der Waals surface area contributed by atoms with Crippen molar-refractivity contribution in [1.29, 1.82) is 0 Å². The fraction of sp³-hybridized carbons (Fsp3) is 0.276. The second-order valence-electron chi connectivity index (χ2n) is 19.1. The van der Waals surface area contributed by atoms with Gasteiger partial charge in [0.2, 0.25) is 11.9 Å². The number of para-hydroxylation sites is 2. The lowest BCUT2D eigenvalue weighted by molar-refractivity contribution is -0.117. The average molecular weight is 1020 g/mol. The summed E-state index contributed by atoms with van der Waals surface area (Å²) in [4.78, 5) is 53.4. The van der Waals surface area contributed by atoms with Crippen molar-refractivity contribution in [2.75, 3.05) is 89.6 Å². The van der Waals surface area contributed by atoms with Gasteiger partial charge in [-0.3, -0.25) is 14.5 Å². The van der Waals surface area contributed by atoms with Gasteiger partial charge in [-0.15, -0.1) is 0 Å². The Morgan fingerprint density at radius 2 is 1.16 bits per heavy atom. The zero-order chi connectivity index (χ0) is 53.0. The van der Waals surface area contributed by atoms with E-state index < -0.39 is 11.8 Å². The fourth-order valence-corrected chi connectivity index (χ4v) is 10.1. The molecule has 2 aliphatic heterocycles. The number of carbonyl (C=O) groups excluding carboxylic acids is 2. The summed E-state index contributed by atoms with van der Waals surface area (Å²) in [5, 5.41) is 11.9. The van der Waals surface area contributed by atoms with Crippen LogP contribution in [0.2, 0.25) is 0 Å². The Kier molecular flexibility index (Phi) is 14.7. The molecular formula is C58H62N12O6. The molecule has 4 aromatic heterocycles. The highest BCUT2D eigenvalue weighted by atomic mass is 16.5. The number of carbonyl (C=O) groups is 2. The summed E-state index contributed by atoms with van der Waals surface area (Å²) in [6, 6.07) is 27.2. The highest BCUT2D eigenvalue weighted by Gasteiger charge is 2.30. The summed E-state index contributed by atoms with van der Waals surface area (Å²) < 4.78 is 29.3. The number of aromatic nitrogens is 6. The van der Waals surface area contributed by atoms with Crippen molar-refractivity contribution < 1.29 is 28.5 Å². The number of likely N-dealkylation sites (N-methyl/N-ethyl adjacent to an activating group) is 2. The fourth-order valence-electron chi connectivity index (χ4n) is 10.1. The molecule has 10 rings (SSSR count). The number of benzene rings is 4. The van der Waals surface area contributed by atoms with Crippen LogP contribution >= 0.6 is 0 Å². The van der Waals surface area contributed by atoms with Gasteiger partial charge in [-0.2, -0.15) is 0 Å². The number of amides is 2. The molecule has 4 aromatic carbocycles. The number of aryl methyl sites for hydroxylation is 2. The number of hydrogen-bond donors (Lipinski definition) is 3. The van der Waals surface area contributed by atoms with E-state index >= 15 is 0 Å². The molecule has 8 aromatic rings. The van der Waals surface area contributed by atoms with Crippen molar-refractivity contribution in [2.24, 2.45) is 0 Å². The number of nitrogens with one attached hydrogen (secondary N) is 3. The molecule has 0 atom stereocenters. The second kappa shape index (κ2) is 22.0. The van der Waals surface area contributed by atoms with Crippen molar-refractivity contribution in [3.8, 4) is 45.5 Å². The minimum absolute atomic E-state index is 0.178. The van der Waals surface area contributed by atoms with Gasteiger partial charge in [-0.1, -0.05) is 49.6 Å². The van der Waals surface area contributed by atoms with Gasteiger partial charge in [0, 0.05) is 95.0 Å². The Bertz CT molecular complexity index is 3530. The molecule has 0 fully saturated rings. The van der Waals surface area contributed by atoms with Crippen LogP contribution in [0.15, 0.2) is 122 Å². The summed E-state index contributed by atoms with van der Waals surface area (Å²) in [7, 11) is 10.8. The van der Waals surface area contributed by atoms with Crippen LogP contribution in [0, 0.1) is 0 Å². The maximum atomic E-state index is 14.8. The molecule has 0 bridgehead atoms. The molecule has 390 valence electrons. The Balaban J connectivity index is 0.990. The average Bonchev–Trinajstić information content (AvgIpc) is 4.28. The van der Waals surface area contributed by atoms with Gasteiger partial charge >= 0.3 is 0 Å². The molecule has 0 saturated carbocycles. The third-order valence-electron chi connectivity index (χ3n) is 13.7. The van der Waals surface area contributed by atoms with Crippen LogP contribution in [-0.2, 0) is 35.5 Å². The first kappa shape index (κ1) is 50.8. The first-order valence-corrected chi connectivity index (χ1v) is 25.3. The lowest BCUT2D eigenvalue weighted by Crippen LogP contribution is -2.35. The van der Waals surface area contributed by atoms with Gasteiger partial charge in [-0.25, -0.2) is 19.9 Å². The largest absolute Gasteiger partial charge is 0.494 e. The lowest BCUT2D eigenvalue weighted by Gasteiger charge is -2.27. The molecule has 0 unspecified atom stereocenters. The summed E-state index contributed by atoms with van der Waals surface area (Å²) >= 11 is 0. The Morgan fingerprint density at radius 1 is 0.658 bits per heavy atom. The van der Waals surface area contributed by atoms with E-state index in [1.54, 1.807) is 43.8 Å². The summed E-state index contributed by atoms with van der Waals surface area (Å²) in [5.41, 5.74) is 9.53. The smallest absolute Gasteiger partial charge is 0.272 e. The van der Waals surface area contributed by atoms with E-state index in [-0.39, 0.29) is 42.0 Å². The molecule has 6 heterocycles. The predicted molar refractivity (Wildman–Crippen MR) is 299 cm³/mol. The first-order chi connectivity index (χ1) is 36.9. The molecule has 76 heavy (non-hydrogen) atoms. The standard InChI is InChI=1S/C58H62N12O6/c1-9-53(71)70(48-33-43(50(74-8)35-52(48)76-31-29-67(5)6)65-58-60-25-23-40(63-58)55-38-17-11-13-19-45(38)69-27-15-21-47(55)69)36(2)56(72)61-42-32-41(49(73-7)34-51(42)75-30-28-66(3)4)64-57-59-24-22-39(62-57)54-37-16-10-12-18-44(37)68-26-14-20-46(54)68/h9-13,16-19,22-25,32-35H,1-2,14-15,20-21,26-31H2,3-8H3,(H,61,72)(H,59,62,64)(H,60,63,65). The van der Waals surface area contributed by atoms with Crippen molar-refractivity contribution in [2.45, 2.75) is 38.8 Å². The number of methoxy groups -OCH3 is 2. The Hall–Kier alpha value is -8.74. The number of anilines is 6. The van der Waals surface area contributed by atoms with Gasteiger partial charge in [0.05, 0.1) is 48.4 Å². The monoisotopic (exact) mass is 1020 g/mol. The highest BCUT2D eigenvalue weighted by Crippen LogP contribution is 2.44. The number of hydrogen-bond acceptors (Lipinski definition) is 14. The van der Waals surface area contributed by atoms with E-state index in [9.17, 15) is 9.59 Å². The van der Waals surface area contributed by atoms with Crippen molar-refractivity contribution in [1.82, 2.24) is 38.9 Å². The van der Waals surface area contributed by atoms with Gasteiger partial charge in [-0.05, 0) is 96.3 Å². The molecule has 0 spiro atoms. The third kappa shape index (κ3) is 10.1. The SMILES string of the molecule is C=CC(=O)N(C(=C)C(=O)Nc1cc(Nc2nccc(-c3c4n(c5ccccc35)CCC4)n2)c(OC)cc1OCCN(C)C)c1cc(Nc2nccc(-c3c4n(c5ccccc35)CCC4)n2)c(OC)cc1OCCN(C)C. The number of ether oxygens (including phenoxy) is 4. The number of rotatable bonds is 21. The second-order valence-corrected chi connectivity index (χ2v) is 19.1.